The van der Waals surface area contributed by atoms with Crippen LogP contribution in [0, 0.1) is 6.92 Å². The number of hydrogen-bond donors (Lipinski definition) is 0. The molecule has 1 fully saturated rings. The Morgan fingerprint density at radius 2 is 2.24 bits per heavy atom. The Morgan fingerprint density at radius 3 is 2.94 bits per heavy atom. The minimum Gasteiger partial charge on any atom is -0.262 e. The van der Waals surface area contributed by atoms with Crippen molar-refractivity contribution in [3.05, 3.63) is 40.1 Å². The van der Waals surface area contributed by atoms with E-state index in [1.807, 2.05) is 19.1 Å². The summed E-state index contributed by atoms with van der Waals surface area (Å²) in [7, 11) is 0. The van der Waals surface area contributed by atoms with E-state index in [1.165, 1.54) is 9.36 Å². The first-order valence-electron chi connectivity index (χ1n) is 5.68. The fraction of sp³-hybridized carbons (Fsp3) is 0.455. The van der Waals surface area contributed by atoms with Crippen LogP contribution in [0.2, 0.25) is 0 Å². The second kappa shape index (κ2) is 3.80. The summed E-state index contributed by atoms with van der Waals surface area (Å²) in [6, 6.07) is 4.11. The van der Waals surface area contributed by atoms with Gasteiger partial charge in [0.15, 0.2) is 0 Å². The minimum atomic E-state index is -0.123. The second-order valence-electron chi connectivity index (χ2n) is 4.40. The Kier molecular flexibility index (Phi) is 2.28. The van der Waals surface area contributed by atoms with Crippen molar-refractivity contribution in [2.75, 3.05) is 0 Å². The molecule has 0 spiro atoms. The number of tetrazole rings is 1. The van der Waals surface area contributed by atoms with Gasteiger partial charge in [-0.15, -0.1) is 0 Å². The summed E-state index contributed by atoms with van der Waals surface area (Å²) in [5.74, 6) is 0. The van der Waals surface area contributed by atoms with E-state index < -0.39 is 0 Å². The average molecular weight is 231 g/mol. The summed E-state index contributed by atoms with van der Waals surface area (Å²) >= 11 is 0. The molecule has 2 heterocycles. The molecule has 17 heavy (non-hydrogen) atoms. The number of nitrogens with zero attached hydrogens (tertiary/aromatic N) is 5. The highest BCUT2D eigenvalue weighted by molar-refractivity contribution is 5.15. The van der Waals surface area contributed by atoms with Crippen molar-refractivity contribution in [2.24, 2.45) is 0 Å². The molecular formula is C11H13N5O. The van der Waals surface area contributed by atoms with Crippen LogP contribution in [0.5, 0.6) is 0 Å². The van der Waals surface area contributed by atoms with Crippen LogP contribution in [0.4, 0.5) is 0 Å². The number of rotatable bonds is 3. The standard InChI is InChI=1S/C11H13N5O/c1-8-6-9(4-5-12-8)7-15-11(17)16(14-13-15)10-2-3-10/h4-6,10H,2-3,7H2,1H3. The lowest BCUT2D eigenvalue weighted by molar-refractivity contribution is 0.593. The minimum absolute atomic E-state index is 0.123. The molecule has 88 valence electrons. The molecule has 0 bridgehead atoms. The first-order valence-corrected chi connectivity index (χ1v) is 5.68. The number of hydrogen-bond acceptors (Lipinski definition) is 4. The molecule has 0 unspecified atom stereocenters. The zero-order chi connectivity index (χ0) is 11.8. The lowest BCUT2D eigenvalue weighted by Crippen LogP contribution is -2.25. The largest absolute Gasteiger partial charge is 0.364 e. The van der Waals surface area contributed by atoms with Crippen molar-refractivity contribution in [2.45, 2.75) is 32.4 Å². The predicted octanol–water partition coefficient (Wildman–Crippen LogP) is 0.526. The van der Waals surface area contributed by atoms with Crippen LogP contribution < -0.4 is 5.69 Å². The highest BCUT2D eigenvalue weighted by Gasteiger charge is 2.27. The Morgan fingerprint density at radius 1 is 1.41 bits per heavy atom. The summed E-state index contributed by atoms with van der Waals surface area (Å²) in [4.78, 5) is 16.0. The van der Waals surface area contributed by atoms with Gasteiger partial charge in [0.1, 0.15) is 0 Å². The van der Waals surface area contributed by atoms with Gasteiger partial charge in [-0.05, 0) is 47.9 Å². The fourth-order valence-corrected chi connectivity index (χ4v) is 1.81. The third-order valence-corrected chi connectivity index (χ3v) is 2.85. The van der Waals surface area contributed by atoms with Crippen LogP contribution in [-0.2, 0) is 6.54 Å². The molecule has 1 aliphatic carbocycles. The Hall–Kier alpha value is -1.98. The summed E-state index contributed by atoms with van der Waals surface area (Å²) < 4.78 is 2.88. The second-order valence-corrected chi connectivity index (χ2v) is 4.40. The van der Waals surface area contributed by atoms with E-state index in [4.69, 9.17) is 0 Å². The zero-order valence-electron chi connectivity index (χ0n) is 9.58. The van der Waals surface area contributed by atoms with Gasteiger partial charge in [0, 0.05) is 11.9 Å². The number of aromatic nitrogens is 5. The number of aryl methyl sites for hydroxylation is 1. The normalized spacial score (nSPS) is 15.1. The van der Waals surface area contributed by atoms with Crippen molar-refractivity contribution >= 4 is 0 Å². The van der Waals surface area contributed by atoms with Crippen LogP contribution in [0.25, 0.3) is 0 Å². The molecule has 0 atom stereocenters. The molecule has 6 heteroatoms. The van der Waals surface area contributed by atoms with Gasteiger partial charge in [-0.1, -0.05) is 0 Å². The average Bonchev–Trinajstić information content (AvgIpc) is 3.07. The molecule has 2 aromatic heterocycles. The maximum Gasteiger partial charge on any atom is 0.364 e. The van der Waals surface area contributed by atoms with Crippen LogP contribution in [0.15, 0.2) is 23.1 Å². The molecular weight excluding hydrogens is 218 g/mol. The quantitative estimate of drug-likeness (QED) is 0.772. The van der Waals surface area contributed by atoms with Crippen LogP contribution in [0.1, 0.15) is 30.1 Å². The first kappa shape index (κ1) is 10.2. The van der Waals surface area contributed by atoms with E-state index in [9.17, 15) is 4.79 Å². The summed E-state index contributed by atoms with van der Waals surface area (Å²) in [6.45, 7) is 2.38. The van der Waals surface area contributed by atoms with E-state index in [2.05, 4.69) is 15.4 Å². The highest BCUT2D eigenvalue weighted by Crippen LogP contribution is 2.32. The van der Waals surface area contributed by atoms with E-state index in [0.717, 1.165) is 24.1 Å². The summed E-state index contributed by atoms with van der Waals surface area (Å²) in [5, 5.41) is 7.80. The molecule has 3 rings (SSSR count). The van der Waals surface area contributed by atoms with Crippen molar-refractivity contribution in [3.8, 4) is 0 Å². The lowest BCUT2D eigenvalue weighted by Gasteiger charge is -2.00. The van der Waals surface area contributed by atoms with Gasteiger partial charge >= 0.3 is 5.69 Å². The highest BCUT2D eigenvalue weighted by atomic mass is 16.2. The molecule has 6 nitrogen and oxygen atoms in total. The van der Waals surface area contributed by atoms with Gasteiger partial charge in [-0.2, -0.15) is 9.36 Å². The predicted molar refractivity (Wildman–Crippen MR) is 60.6 cm³/mol. The topological polar surface area (TPSA) is 65.6 Å². The van der Waals surface area contributed by atoms with Crippen LogP contribution in [0.3, 0.4) is 0 Å². The van der Waals surface area contributed by atoms with E-state index in [0.29, 0.717) is 6.54 Å². The first-order chi connectivity index (χ1) is 8.24. The van der Waals surface area contributed by atoms with Crippen molar-refractivity contribution in [1.82, 2.24) is 24.8 Å². The van der Waals surface area contributed by atoms with Gasteiger partial charge in [0.25, 0.3) is 0 Å². The Bertz CT molecular complexity index is 596. The van der Waals surface area contributed by atoms with Crippen molar-refractivity contribution in [1.29, 1.82) is 0 Å². The molecule has 0 N–H and O–H groups in total. The molecule has 0 radical (unpaired) electrons. The number of pyridine rings is 1. The van der Waals surface area contributed by atoms with Crippen LogP contribution >= 0.6 is 0 Å². The van der Waals surface area contributed by atoms with Gasteiger partial charge in [0.05, 0.1) is 12.6 Å². The molecule has 0 saturated heterocycles. The monoisotopic (exact) mass is 231 g/mol. The molecule has 2 aromatic rings. The molecule has 0 aromatic carbocycles. The van der Waals surface area contributed by atoms with Gasteiger partial charge in [-0.3, -0.25) is 4.98 Å². The third-order valence-electron chi connectivity index (χ3n) is 2.85. The van der Waals surface area contributed by atoms with E-state index in [-0.39, 0.29) is 11.7 Å². The smallest absolute Gasteiger partial charge is 0.262 e. The maximum atomic E-state index is 11.9. The van der Waals surface area contributed by atoms with Gasteiger partial charge in [0.2, 0.25) is 0 Å². The maximum absolute atomic E-state index is 11.9. The molecule has 0 amide bonds. The van der Waals surface area contributed by atoms with Crippen LogP contribution in [-0.4, -0.2) is 24.8 Å². The molecule has 1 saturated carbocycles. The SMILES string of the molecule is Cc1cc(Cn2nnn(C3CC3)c2=O)ccn1. The van der Waals surface area contributed by atoms with Crippen molar-refractivity contribution in [3.63, 3.8) is 0 Å². The third kappa shape index (κ3) is 1.98. The summed E-state index contributed by atoms with van der Waals surface area (Å²) in [6.07, 6.45) is 3.81. The zero-order valence-corrected chi connectivity index (χ0v) is 9.58. The van der Waals surface area contributed by atoms with E-state index >= 15 is 0 Å². The van der Waals surface area contributed by atoms with E-state index in [1.54, 1.807) is 6.20 Å². The summed E-state index contributed by atoms with van der Waals surface area (Å²) in [5.41, 5.74) is 1.83. The van der Waals surface area contributed by atoms with Gasteiger partial charge < -0.3 is 0 Å². The fourth-order valence-electron chi connectivity index (χ4n) is 1.81. The van der Waals surface area contributed by atoms with Gasteiger partial charge in [-0.25, -0.2) is 4.79 Å². The molecule has 0 aliphatic heterocycles. The lowest BCUT2D eigenvalue weighted by atomic mass is 10.2. The Labute approximate surface area is 97.9 Å². The Balaban J connectivity index is 1.88. The molecule has 1 aliphatic rings. The van der Waals surface area contributed by atoms with Crippen molar-refractivity contribution < 1.29 is 0 Å².